The quantitative estimate of drug-likeness (QED) is 0.824. The third-order valence-corrected chi connectivity index (χ3v) is 4.17. The van der Waals surface area contributed by atoms with Crippen molar-refractivity contribution in [2.24, 2.45) is 17.3 Å². The number of hydrogen-bond donors (Lipinski definition) is 2. The molecular weight excluding hydrogens is 336 g/mol. The van der Waals surface area contributed by atoms with E-state index in [4.69, 9.17) is 16.7 Å². The van der Waals surface area contributed by atoms with Crippen molar-refractivity contribution in [2.45, 2.75) is 13.8 Å². The smallest absolute Gasteiger partial charge is 0.307 e. The zero-order valence-electron chi connectivity index (χ0n) is 10.3. The van der Waals surface area contributed by atoms with Crippen LogP contribution in [0.15, 0.2) is 16.7 Å². The molecule has 1 heterocycles. The monoisotopic (exact) mass is 346 g/mol. The van der Waals surface area contributed by atoms with Gasteiger partial charge in [0, 0.05) is 10.7 Å². The van der Waals surface area contributed by atoms with Gasteiger partial charge in [0.15, 0.2) is 5.15 Å². The van der Waals surface area contributed by atoms with Crippen LogP contribution >= 0.6 is 27.5 Å². The highest BCUT2D eigenvalue weighted by Crippen LogP contribution is 2.58. The van der Waals surface area contributed by atoms with Crippen LogP contribution in [-0.2, 0) is 9.59 Å². The Bertz CT molecular complexity index is 562. The predicted molar refractivity (Wildman–Crippen MR) is 74.0 cm³/mol. The van der Waals surface area contributed by atoms with Crippen molar-refractivity contribution in [1.29, 1.82) is 0 Å². The van der Waals surface area contributed by atoms with Gasteiger partial charge >= 0.3 is 5.97 Å². The Labute approximate surface area is 123 Å². The summed E-state index contributed by atoms with van der Waals surface area (Å²) in [5.41, 5.74) is -0.171. The number of amides is 1. The lowest BCUT2D eigenvalue weighted by atomic mass is 10.1. The summed E-state index contributed by atoms with van der Waals surface area (Å²) in [5.74, 6) is -2.52. The van der Waals surface area contributed by atoms with Gasteiger partial charge in [-0.3, -0.25) is 9.59 Å². The van der Waals surface area contributed by atoms with Gasteiger partial charge in [0.05, 0.1) is 17.5 Å². The van der Waals surface area contributed by atoms with Gasteiger partial charge in [-0.2, -0.15) is 0 Å². The molecule has 19 heavy (non-hydrogen) atoms. The van der Waals surface area contributed by atoms with E-state index in [2.05, 4.69) is 26.2 Å². The molecule has 1 amide bonds. The number of pyridine rings is 1. The topological polar surface area (TPSA) is 79.3 Å². The molecule has 1 saturated carbocycles. The largest absolute Gasteiger partial charge is 0.481 e. The Kier molecular flexibility index (Phi) is 3.57. The van der Waals surface area contributed by atoms with Crippen LogP contribution in [0.2, 0.25) is 5.15 Å². The van der Waals surface area contributed by atoms with Crippen molar-refractivity contribution in [3.63, 3.8) is 0 Å². The first-order valence-electron chi connectivity index (χ1n) is 5.60. The second-order valence-electron chi connectivity index (χ2n) is 5.10. The van der Waals surface area contributed by atoms with Crippen molar-refractivity contribution in [3.05, 3.63) is 21.9 Å². The number of hydrogen-bond acceptors (Lipinski definition) is 3. The predicted octanol–water partition coefficient (Wildman–Crippen LogP) is 2.79. The van der Waals surface area contributed by atoms with Crippen molar-refractivity contribution < 1.29 is 14.7 Å². The Morgan fingerprint density at radius 1 is 1.47 bits per heavy atom. The van der Waals surface area contributed by atoms with Crippen LogP contribution in [0.25, 0.3) is 0 Å². The highest BCUT2D eigenvalue weighted by Gasteiger charge is 2.65. The zero-order valence-corrected chi connectivity index (χ0v) is 12.6. The van der Waals surface area contributed by atoms with Crippen LogP contribution < -0.4 is 5.32 Å². The molecule has 1 fully saturated rings. The van der Waals surface area contributed by atoms with Crippen LogP contribution in [0.3, 0.4) is 0 Å². The lowest BCUT2D eigenvalue weighted by Gasteiger charge is -2.07. The third kappa shape index (κ3) is 2.60. The molecule has 0 saturated heterocycles. The number of nitrogens with zero attached hydrogens (tertiary/aromatic N) is 1. The third-order valence-electron chi connectivity index (χ3n) is 3.44. The number of rotatable bonds is 3. The van der Waals surface area contributed by atoms with Gasteiger partial charge in [0.2, 0.25) is 5.91 Å². The standard InChI is InChI=1S/C12H12BrClN2O3/c1-12(2)7(8(12)11(18)19)10(17)16-6-3-5(13)4-15-9(6)14/h3-4,7-8H,1-2H3,(H,16,17)(H,18,19). The number of halogens is 2. The molecule has 7 heteroatoms. The van der Waals surface area contributed by atoms with E-state index in [1.54, 1.807) is 19.9 Å². The molecule has 0 aromatic carbocycles. The highest BCUT2D eigenvalue weighted by molar-refractivity contribution is 9.10. The number of carboxylic acids is 1. The fourth-order valence-corrected chi connectivity index (χ4v) is 2.79. The van der Waals surface area contributed by atoms with Gasteiger partial charge in [-0.05, 0) is 27.4 Å². The van der Waals surface area contributed by atoms with Crippen LogP contribution in [0.1, 0.15) is 13.8 Å². The first kappa shape index (κ1) is 14.3. The van der Waals surface area contributed by atoms with E-state index in [0.717, 1.165) is 0 Å². The van der Waals surface area contributed by atoms with E-state index in [-0.39, 0.29) is 11.1 Å². The molecular formula is C12H12BrClN2O3. The van der Waals surface area contributed by atoms with Gasteiger partial charge in [-0.15, -0.1) is 0 Å². The van der Waals surface area contributed by atoms with Crippen LogP contribution in [0, 0.1) is 17.3 Å². The lowest BCUT2D eigenvalue weighted by Crippen LogP contribution is -2.18. The molecule has 2 N–H and O–H groups in total. The van der Waals surface area contributed by atoms with Gasteiger partial charge in [-0.25, -0.2) is 4.98 Å². The molecule has 1 aliphatic rings. The SMILES string of the molecule is CC1(C)C(C(=O)O)C1C(=O)Nc1cc(Br)cnc1Cl. The van der Waals surface area contributed by atoms with Crippen molar-refractivity contribution in [1.82, 2.24) is 4.98 Å². The lowest BCUT2D eigenvalue weighted by molar-refractivity contribution is -0.140. The van der Waals surface area contributed by atoms with Gasteiger partial charge in [0.1, 0.15) is 0 Å². The summed E-state index contributed by atoms with van der Waals surface area (Å²) in [5, 5.41) is 11.8. The molecule has 0 aliphatic heterocycles. The Morgan fingerprint density at radius 3 is 2.63 bits per heavy atom. The minimum Gasteiger partial charge on any atom is -0.481 e. The van der Waals surface area contributed by atoms with Crippen LogP contribution in [0.5, 0.6) is 0 Å². The summed E-state index contributed by atoms with van der Waals surface area (Å²) < 4.78 is 0.678. The maximum Gasteiger partial charge on any atom is 0.307 e. The molecule has 1 aromatic rings. The normalized spacial score (nSPS) is 23.8. The van der Waals surface area contributed by atoms with E-state index in [0.29, 0.717) is 10.2 Å². The maximum atomic E-state index is 12.1. The number of nitrogens with one attached hydrogen (secondary N) is 1. The highest BCUT2D eigenvalue weighted by atomic mass is 79.9. The van der Waals surface area contributed by atoms with E-state index < -0.39 is 23.2 Å². The van der Waals surface area contributed by atoms with Crippen LogP contribution in [-0.4, -0.2) is 22.0 Å². The fourth-order valence-electron chi connectivity index (χ4n) is 2.31. The molecule has 1 aliphatic carbocycles. The minimum atomic E-state index is -0.955. The fraction of sp³-hybridized carbons (Fsp3) is 0.417. The number of aromatic nitrogens is 1. The molecule has 0 radical (unpaired) electrons. The summed E-state index contributed by atoms with van der Waals surface area (Å²) in [7, 11) is 0. The minimum absolute atomic E-state index is 0.168. The van der Waals surface area contributed by atoms with E-state index in [9.17, 15) is 9.59 Å². The van der Waals surface area contributed by atoms with Crippen LogP contribution in [0.4, 0.5) is 5.69 Å². The van der Waals surface area contributed by atoms with Gasteiger partial charge in [-0.1, -0.05) is 25.4 Å². The number of anilines is 1. The molecule has 5 nitrogen and oxygen atoms in total. The Hall–Kier alpha value is -1.14. The molecule has 1 aromatic heterocycles. The number of carbonyl (C=O) groups is 2. The Balaban J connectivity index is 2.15. The Morgan fingerprint density at radius 2 is 2.11 bits per heavy atom. The molecule has 102 valence electrons. The first-order chi connectivity index (χ1) is 8.75. The summed E-state index contributed by atoms with van der Waals surface area (Å²) >= 11 is 9.10. The second-order valence-corrected chi connectivity index (χ2v) is 6.37. The summed E-state index contributed by atoms with van der Waals surface area (Å²) in [4.78, 5) is 27.0. The van der Waals surface area contributed by atoms with E-state index in [1.165, 1.54) is 6.20 Å². The van der Waals surface area contributed by atoms with Crippen molar-refractivity contribution in [3.8, 4) is 0 Å². The van der Waals surface area contributed by atoms with E-state index in [1.807, 2.05) is 0 Å². The summed E-state index contributed by atoms with van der Waals surface area (Å²) in [6.07, 6.45) is 1.51. The number of carbonyl (C=O) groups excluding carboxylic acids is 1. The second kappa shape index (κ2) is 4.76. The molecule has 0 spiro atoms. The van der Waals surface area contributed by atoms with Crippen molar-refractivity contribution >= 4 is 45.1 Å². The van der Waals surface area contributed by atoms with Crippen molar-refractivity contribution in [2.75, 3.05) is 5.32 Å². The average Bonchev–Trinajstić information content (AvgIpc) is 2.87. The summed E-state index contributed by atoms with van der Waals surface area (Å²) in [6.45, 7) is 3.52. The molecule has 2 unspecified atom stereocenters. The molecule has 2 atom stereocenters. The molecule has 2 rings (SSSR count). The summed E-state index contributed by atoms with van der Waals surface area (Å²) in [6, 6.07) is 1.62. The van der Waals surface area contributed by atoms with Gasteiger partial charge < -0.3 is 10.4 Å². The van der Waals surface area contributed by atoms with E-state index >= 15 is 0 Å². The maximum absolute atomic E-state index is 12.1. The van der Waals surface area contributed by atoms with Gasteiger partial charge in [0.25, 0.3) is 0 Å². The average molecular weight is 348 g/mol. The first-order valence-corrected chi connectivity index (χ1v) is 6.77. The number of aliphatic carboxylic acids is 1. The zero-order chi connectivity index (χ0) is 14.4. The number of carboxylic acid groups (broad SMARTS) is 1. The molecule has 0 bridgehead atoms.